The van der Waals surface area contributed by atoms with Crippen molar-refractivity contribution in [3.05, 3.63) is 41.3 Å². The largest absolute Gasteiger partial charge is 0.480 e. The van der Waals surface area contributed by atoms with Gasteiger partial charge in [-0.05, 0) is 25.0 Å². The van der Waals surface area contributed by atoms with Gasteiger partial charge in [0.25, 0.3) is 5.91 Å². The third-order valence-corrected chi connectivity index (χ3v) is 4.06. The van der Waals surface area contributed by atoms with Gasteiger partial charge in [-0.15, -0.1) is 11.3 Å². The van der Waals surface area contributed by atoms with Crippen LogP contribution in [0.5, 0.6) is 5.75 Å². The molecule has 0 bridgehead atoms. The highest BCUT2D eigenvalue weighted by Crippen LogP contribution is 2.22. The first-order chi connectivity index (χ1) is 11.0. The van der Waals surface area contributed by atoms with Gasteiger partial charge >= 0.3 is 0 Å². The average Bonchev–Trinajstić information content (AvgIpc) is 3.10. The van der Waals surface area contributed by atoms with Crippen LogP contribution in [0, 0.1) is 6.92 Å². The Balaban J connectivity index is 1.63. The summed E-state index contributed by atoms with van der Waals surface area (Å²) in [7, 11) is 0. The van der Waals surface area contributed by atoms with Crippen LogP contribution in [-0.4, -0.2) is 26.9 Å². The van der Waals surface area contributed by atoms with E-state index < -0.39 is 0 Å². The Morgan fingerprint density at radius 1 is 1.43 bits per heavy atom. The SMILES string of the molecule is Cc1cn2cccc(OCC(=O)Nc3nc(C(C)C)cs3)c2n1. The molecule has 3 aromatic heterocycles. The molecule has 0 aliphatic carbocycles. The number of carbonyl (C=O) groups is 1. The molecule has 1 N–H and O–H groups in total. The van der Waals surface area contributed by atoms with Gasteiger partial charge in [-0.2, -0.15) is 0 Å². The van der Waals surface area contributed by atoms with Crippen molar-refractivity contribution in [2.45, 2.75) is 26.7 Å². The van der Waals surface area contributed by atoms with Gasteiger partial charge in [-0.1, -0.05) is 13.8 Å². The zero-order valence-corrected chi connectivity index (χ0v) is 14.1. The van der Waals surface area contributed by atoms with Crippen molar-refractivity contribution in [3.8, 4) is 5.75 Å². The fourth-order valence-electron chi connectivity index (χ4n) is 2.13. The van der Waals surface area contributed by atoms with Gasteiger partial charge in [0.1, 0.15) is 0 Å². The molecule has 0 aliphatic rings. The minimum atomic E-state index is -0.236. The van der Waals surface area contributed by atoms with E-state index in [0.29, 0.717) is 22.4 Å². The van der Waals surface area contributed by atoms with E-state index >= 15 is 0 Å². The number of anilines is 1. The molecule has 0 radical (unpaired) electrons. The quantitative estimate of drug-likeness (QED) is 0.780. The first kappa shape index (κ1) is 15.5. The monoisotopic (exact) mass is 330 g/mol. The lowest BCUT2D eigenvalue weighted by molar-refractivity contribution is -0.118. The molecular weight excluding hydrogens is 312 g/mol. The fraction of sp³-hybridized carbons (Fsp3) is 0.312. The van der Waals surface area contributed by atoms with Crippen molar-refractivity contribution < 1.29 is 9.53 Å². The smallest absolute Gasteiger partial charge is 0.264 e. The van der Waals surface area contributed by atoms with Crippen LogP contribution in [-0.2, 0) is 4.79 Å². The maximum Gasteiger partial charge on any atom is 0.264 e. The third-order valence-electron chi connectivity index (χ3n) is 3.29. The first-order valence-corrected chi connectivity index (χ1v) is 8.23. The fourth-order valence-corrected chi connectivity index (χ4v) is 3.02. The molecule has 0 saturated heterocycles. The Morgan fingerprint density at radius 2 is 2.26 bits per heavy atom. The summed E-state index contributed by atoms with van der Waals surface area (Å²) in [5, 5.41) is 5.31. The minimum absolute atomic E-state index is 0.0812. The lowest BCUT2D eigenvalue weighted by Gasteiger charge is -2.07. The Kier molecular flexibility index (Phi) is 4.29. The molecule has 3 heterocycles. The van der Waals surface area contributed by atoms with E-state index in [1.807, 2.05) is 35.2 Å². The standard InChI is InChI=1S/C16H18N4O2S/c1-10(2)12-9-23-16(18-12)19-14(21)8-22-13-5-4-6-20-7-11(3)17-15(13)20/h4-7,9-10H,8H2,1-3H3,(H,18,19,21). The Morgan fingerprint density at radius 3 is 3.00 bits per heavy atom. The topological polar surface area (TPSA) is 68.5 Å². The number of amides is 1. The Hall–Kier alpha value is -2.41. The van der Waals surface area contributed by atoms with Crippen molar-refractivity contribution in [2.24, 2.45) is 0 Å². The van der Waals surface area contributed by atoms with Crippen LogP contribution in [0.15, 0.2) is 29.9 Å². The molecule has 3 aromatic rings. The highest BCUT2D eigenvalue weighted by atomic mass is 32.1. The summed E-state index contributed by atoms with van der Waals surface area (Å²) in [5.74, 6) is 0.687. The van der Waals surface area contributed by atoms with Crippen molar-refractivity contribution >= 4 is 28.0 Å². The summed E-state index contributed by atoms with van der Waals surface area (Å²) in [6.45, 7) is 5.97. The number of fused-ring (bicyclic) bond motifs is 1. The van der Waals surface area contributed by atoms with E-state index in [1.54, 1.807) is 6.07 Å². The van der Waals surface area contributed by atoms with Crippen molar-refractivity contribution in [2.75, 3.05) is 11.9 Å². The van der Waals surface area contributed by atoms with Crippen LogP contribution in [0.4, 0.5) is 5.13 Å². The van der Waals surface area contributed by atoms with E-state index in [0.717, 1.165) is 11.4 Å². The molecule has 1 amide bonds. The van der Waals surface area contributed by atoms with Crippen LogP contribution < -0.4 is 10.1 Å². The predicted molar refractivity (Wildman–Crippen MR) is 90.3 cm³/mol. The number of nitrogens with zero attached hydrogens (tertiary/aromatic N) is 3. The number of aromatic nitrogens is 3. The number of thiazole rings is 1. The highest BCUT2D eigenvalue weighted by Gasteiger charge is 2.11. The number of ether oxygens (including phenoxy) is 1. The number of nitrogens with one attached hydrogen (secondary N) is 1. The molecule has 0 unspecified atom stereocenters. The molecule has 0 spiro atoms. The highest BCUT2D eigenvalue weighted by molar-refractivity contribution is 7.13. The number of aryl methyl sites for hydroxylation is 1. The van der Waals surface area contributed by atoms with Gasteiger partial charge in [-0.25, -0.2) is 9.97 Å². The van der Waals surface area contributed by atoms with Gasteiger partial charge in [0, 0.05) is 17.8 Å². The van der Waals surface area contributed by atoms with Crippen LogP contribution in [0.25, 0.3) is 5.65 Å². The van der Waals surface area contributed by atoms with Gasteiger partial charge in [0.05, 0.1) is 11.4 Å². The molecule has 3 rings (SSSR count). The molecule has 0 saturated carbocycles. The van der Waals surface area contributed by atoms with E-state index in [4.69, 9.17) is 4.74 Å². The molecule has 6 nitrogen and oxygen atoms in total. The summed E-state index contributed by atoms with van der Waals surface area (Å²) >= 11 is 1.42. The molecule has 0 aliphatic heterocycles. The van der Waals surface area contributed by atoms with Gasteiger partial charge in [-0.3, -0.25) is 10.1 Å². The number of imidazole rings is 1. The maximum atomic E-state index is 12.0. The minimum Gasteiger partial charge on any atom is -0.480 e. The molecule has 0 fully saturated rings. The summed E-state index contributed by atoms with van der Waals surface area (Å²) in [6, 6.07) is 3.66. The van der Waals surface area contributed by atoms with Crippen molar-refractivity contribution in [1.29, 1.82) is 0 Å². The average molecular weight is 330 g/mol. The van der Waals surface area contributed by atoms with Crippen LogP contribution in [0.3, 0.4) is 0 Å². The van der Waals surface area contributed by atoms with Crippen LogP contribution in [0.2, 0.25) is 0 Å². The van der Waals surface area contributed by atoms with E-state index in [1.165, 1.54) is 11.3 Å². The first-order valence-electron chi connectivity index (χ1n) is 7.35. The second-order valence-electron chi connectivity index (χ2n) is 5.55. The van der Waals surface area contributed by atoms with E-state index in [-0.39, 0.29) is 12.5 Å². The number of hydrogen-bond donors (Lipinski definition) is 1. The van der Waals surface area contributed by atoms with E-state index in [9.17, 15) is 4.79 Å². The lowest BCUT2D eigenvalue weighted by Crippen LogP contribution is -2.20. The van der Waals surface area contributed by atoms with Crippen LogP contribution >= 0.6 is 11.3 Å². The second kappa shape index (κ2) is 6.37. The molecule has 120 valence electrons. The number of hydrogen-bond acceptors (Lipinski definition) is 5. The summed E-state index contributed by atoms with van der Waals surface area (Å²) < 4.78 is 7.48. The normalized spacial score (nSPS) is 11.1. The molecule has 23 heavy (non-hydrogen) atoms. The van der Waals surface area contributed by atoms with Crippen LogP contribution in [0.1, 0.15) is 31.2 Å². The van der Waals surface area contributed by atoms with Crippen molar-refractivity contribution in [3.63, 3.8) is 0 Å². The zero-order chi connectivity index (χ0) is 16.4. The molecule has 0 aromatic carbocycles. The molecular formula is C16H18N4O2S. The summed E-state index contributed by atoms with van der Waals surface area (Å²) in [4.78, 5) is 20.8. The zero-order valence-electron chi connectivity index (χ0n) is 13.2. The van der Waals surface area contributed by atoms with Gasteiger partial charge in [0.15, 0.2) is 23.1 Å². The summed E-state index contributed by atoms with van der Waals surface area (Å²) in [6.07, 6.45) is 3.80. The maximum absolute atomic E-state index is 12.0. The van der Waals surface area contributed by atoms with Gasteiger partial charge in [0.2, 0.25) is 0 Å². The summed E-state index contributed by atoms with van der Waals surface area (Å²) in [5.41, 5.74) is 2.58. The van der Waals surface area contributed by atoms with Crippen molar-refractivity contribution in [1.82, 2.24) is 14.4 Å². The number of carbonyl (C=O) groups excluding carboxylic acids is 1. The predicted octanol–water partition coefficient (Wildman–Crippen LogP) is 3.24. The number of pyridine rings is 1. The lowest BCUT2D eigenvalue weighted by atomic mass is 10.2. The number of rotatable bonds is 5. The Labute approximate surface area is 138 Å². The second-order valence-corrected chi connectivity index (χ2v) is 6.41. The Bertz CT molecular complexity index is 838. The van der Waals surface area contributed by atoms with E-state index in [2.05, 4.69) is 29.1 Å². The van der Waals surface area contributed by atoms with Gasteiger partial charge < -0.3 is 9.14 Å². The third kappa shape index (κ3) is 3.50. The molecule has 7 heteroatoms. The molecule has 0 atom stereocenters.